The van der Waals surface area contributed by atoms with Gasteiger partial charge in [-0.1, -0.05) is 18.2 Å². The van der Waals surface area contributed by atoms with Gasteiger partial charge in [0.15, 0.2) is 23.1 Å². The molecule has 2 aromatic carbocycles. The lowest BCUT2D eigenvalue weighted by Crippen LogP contribution is -2.23. The largest absolute Gasteiger partial charge is 0.454 e. The highest BCUT2D eigenvalue weighted by Gasteiger charge is 2.13. The van der Waals surface area contributed by atoms with E-state index in [1.807, 2.05) is 18.2 Å². The van der Waals surface area contributed by atoms with E-state index in [2.05, 4.69) is 5.32 Å². The summed E-state index contributed by atoms with van der Waals surface area (Å²) in [5.41, 5.74) is 1.03. The zero-order valence-electron chi connectivity index (χ0n) is 12.7. The summed E-state index contributed by atoms with van der Waals surface area (Å²) in [6.07, 6.45) is 3.04. The summed E-state index contributed by atoms with van der Waals surface area (Å²) in [6, 6.07) is 9.40. The second-order valence-electron chi connectivity index (χ2n) is 5.21. The molecule has 3 rings (SSSR count). The Hall–Kier alpha value is -2.89. The maximum absolute atomic E-state index is 13.5. The van der Waals surface area contributed by atoms with E-state index >= 15 is 0 Å². The first-order chi connectivity index (χ1) is 11.6. The molecule has 0 fully saturated rings. The molecule has 0 atom stereocenters. The van der Waals surface area contributed by atoms with Crippen molar-refractivity contribution in [3.8, 4) is 11.5 Å². The van der Waals surface area contributed by atoms with Crippen LogP contribution in [0.3, 0.4) is 0 Å². The molecule has 0 saturated carbocycles. The second kappa shape index (κ2) is 7.12. The Balaban J connectivity index is 1.51. The number of hydrogen-bond acceptors (Lipinski definition) is 3. The summed E-state index contributed by atoms with van der Waals surface area (Å²) in [4.78, 5) is 11.7. The van der Waals surface area contributed by atoms with Gasteiger partial charge in [-0.15, -0.1) is 0 Å². The molecule has 0 bridgehead atoms. The molecule has 2 aromatic rings. The van der Waals surface area contributed by atoms with Crippen molar-refractivity contribution in [2.75, 3.05) is 13.3 Å². The Bertz CT molecular complexity index is 790. The number of carbonyl (C=O) groups excluding carboxylic acids is 1. The number of ether oxygens (including phenoxy) is 2. The average Bonchev–Trinajstić information content (AvgIpc) is 3.04. The van der Waals surface area contributed by atoms with Gasteiger partial charge < -0.3 is 14.8 Å². The van der Waals surface area contributed by atoms with E-state index in [0.29, 0.717) is 24.5 Å². The van der Waals surface area contributed by atoms with E-state index in [1.54, 1.807) is 0 Å². The average molecular weight is 331 g/mol. The predicted molar refractivity (Wildman–Crippen MR) is 84.7 cm³/mol. The van der Waals surface area contributed by atoms with Crippen LogP contribution in [0.2, 0.25) is 0 Å². The number of amides is 1. The molecule has 0 saturated heterocycles. The van der Waals surface area contributed by atoms with Gasteiger partial charge >= 0.3 is 0 Å². The number of halogens is 2. The van der Waals surface area contributed by atoms with Gasteiger partial charge in [-0.3, -0.25) is 4.79 Å². The molecule has 0 radical (unpaired) electrons. The van der Waals surface area contributed by atoms with E-state index < -0.39 is 11.6 Å². The number of hydrogen-bond donors (Lipinski definition) is 1. The molecular weight excluding hydrogens is 316 g/mol. The van der Waals surface area contributed by atoms with Crippen molar-refractivity contribution in [2.24, 2.45) is 0 Å². The maximum Gasteiger partial charge on any atom is 0.244 e. The monoisotopic (exact) mass is 331 g/mol. The normalized spacial score (nSPS) is 12.6. The Morgan fingerprint density at radius 3 is 2.88 bits per heavy atom. The van der Waals surface area contributed by atoms with Crippen molar-refractivity contribution in [3.05, 3.63) is 65.2 Å². The van der Waals surface area contributed by atoms with Crippen molar-refractivity contribution in [1.29, 1.82) is 0 Å². The number of nitrogens with one attached hydrogen (secondary N) is 1. The van der Waals surface area contributed by atoms with Gasteiger partial charge in [-0.25, -0.2) is 8.78 Å². The van der Waals surface area contributed by atoms with Crippen LogP contribution in [0, 0.1) is 11.6 Å². The van der Waals surface area contributed by atoms with Gasteiger partial charge in [0, 0.05) is 18.2 Å². The van der Waals surface area contributed by atoms with Crippen molar-refractivity contribution < 1.29 is 23.0 Å². The Kier molecular flexibility index (Phi) is 4.74. The molecule has 24 heavy (non-hydrogen) atoms. The summed E-state index contributed by atoms with van der Waals surface area (Å²) in [5.74, 6) is -0.884. The quantitative estimate of drug-likeness (QED) is 0.857. The Morgan fingerprint density at radius 1 is 1.17 bits per heavy atom. The molecule has 6 heteroatoms. The number of rotatable bonds is 5. The molecule has 124 valence electrons. The fourth-order valence-corrected chi connectivity index (χ4v) is 2.30. The molecule has 1 aliphatic heterocycles. The van der Waals surface area contributed by atoms with Crippen LogP contribution >= 0.6 is 0 Å². The molecule has 0 spiro atoms. The lowest BCUT2D eigenvalue weighted by atomic mass is 10.1. The minimum absolute atomic E-state index is 0.0286. The zero-order chi connectivity index (χ0) is 16.9. The fourth-order valence-electron chi connectivity index (χ4n) is 2.30. The van der Waals surface area contributed by atoms with Crippen LogP contribution in [-0.4, -0.2) is 19.2 Å². The smallest absolute Gasteiger partial charge is 0.244 e. The van der Waals surface area contributed by atoms with Crippen LogP contribution in [0.1, 0.15) is 11.1 Å². The molecule has 0 aliphatic carbocycles. The number of fused-ring (bicyclic) bond motifs is 1. The van der Waals surface area contributed by atoms with Gasteiger partial charge in [-0.2, -0.15) is 0 Å². The highest BCUT2D eigenvalue weighted by Crippen LogP contribution is 2.32. The fraction of sp³-hybridized carbons (Fsp3) is 0.167. The van der Waals surface area contributed by atoms with Crippen LogP contribution in [0.5, 0.6) is 11.5 Å². The van der Waals surface area contributed by atoms with E-state index in [-0.39, 0.29) is 18.3 Å². The zero-order valence-corrected chi connectivity index (χ0v) is 12.7. The highest BCUT2D eigenvalue weighted by molar-refractivity contribution is 5.91. The first kappa shape index (κ1) is 16.0. The third-order valence-electron chi connectivity index (χ3n) is 3.55. The van der Waals surface area contributed by atoms with Gasteiger partial charge in [0.2, 0.25) is 12.7 Å². The predicted octanol–water partition coefficient (Wildman–Crippen LogP) is 3.07. The van der Waals surface area contributed by atoms with Crippen LogP contribution in [-0.2, 0) is 11.2 Å². The van der Waals surface area contributed by atoms with E-state index in [1.165, 1.54) is 24.3 Å². The molecule has 0 unspecified atom stereocenters. The summed E-state index contributed by atoms with van der Waals surface area (Å²) >= 11 is 0. The van der Waals surface area contributed by atoms with Gasteiger partial charge in [0.25, 0.3) is 0 Å². The van der Waals surface area contributed by atoms with Gasteiger partial charge in [0.05, 0.1) is 0 Å². The van der Waals surface area contributed by atoms with Crippen LogP contribution in [0.15, 0.2) is 42.5 Å². The Morgan fingerprint density at radius 2 is 2.00 bits per heavy atom. The van der Waals surface area contributed by atoms with Gasteiger partial charge in [-0.05, 0) is 36.3 Å². The van der Waals surface area contributed by atoms with Crippen molar-refractivity contribution in [3.63, 3.8) is 0 Å². The molecular formula is C18H15F2NO3. The number of benzene rings is 2. The van der Waals surface area contributed by atoms with E-state index in [9.17, 15) is 13.6 Å². The lowest BCUT2D eigenvalue weighted by molar-refractivity contribution is -0.116. The van der Waals surface area contributed by atoms with Crippen molar-refractivity contribution in [2.45, 2.75) is 6.42 Å². The lowest BCUT2D eigenvalue weighted by Gasteiger charge is -2.04. The molecule has 1 heterocycles. The maximum atomic E-state index is 13.5. The van der Waals surface area contributed by atoms with Gasteiger partial charge in [0.1, 0.15) is 0 Å². The molecule has 0 aromatic heterocycles. The molecule has 4 nitrogen and oxygen atoms in total. The van der Waals surface area contributed by atoms with Crippen molar-refractivity contribution in [1.82, 2.24) is 5.32 Å². The minimum Gasteiger partial charge on any atom is -0.454 e. The van der Waals surface area contributed by atoms with Crippen molar-refractivity contribution >= 4 is 12.0 Å². The summed E-state index contributed by atoms with van der Waals surface area (Å²) < 4.78 is 37.0. The number of carbonyl (C=O) groups is 1. The summed E-state index contributed by atoms with van der Waals surface area (Å²) in [5, 5.41) is 2.69. The summed E-state index contributed by atoms with van der Waals surface area (Å²) in [7, 11) is 0. The third-order valence-corrected chi connectivity index (χ3v) is 3.55. The Labute approximate surface area is 137 Å². The first-order valence-electron chi connectivity index (χ1n) is 7.42. The van der Waals surface area contributed by atoms with Crippen LogP contribution in [0.4, 0.5) is 8.78 Å². The molecule has 1 N–H and O–H groups in total. The SMILES string of the molecule is O=C(C=Cc1cccc(F)c1F)NCCc1ccc2c(c1)OCO2. The van der Waals surface area contributed by atoms with Crippen LogP contribution in [0.25, 0.3) is 6.08 Å². The van der Waals surface area contributed by atoms with Crippen LogP contribution < -0.4 is 14.8 Å². The van der Waals surface area contributed by atoms with E-state index in [0.717, 1.165) is 11.6 Å². The molecule has 1 aliphatic rings. The summed E-state index contributed by atoms with van der Waals surface area (Å²) in [6.45, 7) is 0.630. The molecule has 1 amide bonds. The second-order valence-corrected chi connectivity index (χ2v) is 5.21. The first-order valence-corrected chi connectivity index (χ1v) is 7.42. The third kappa shape index (κ3) is 3.71. The standard InChI is InChI=1S/C18H15F2NO3/c19-14-3-1-2-13(18(14)20)5-7-17(22)21-9-8-12-4-6-15-16(10-12)24-11-23-15/h1-7,10H,8-9,11H2,(H,21,22). The topological polar surface area (TPSA) is 47.6 Å². The highest BCUT2D eigenvalue weighted by atomic mass is 19.2. The minimum atomic E-state index is -0.970. The van der Waals surface area contributed by atoms with E-state index in [4.69, 9.17) is 9.47 Å².